The summed E-state index contributed by atoms with van der Waals surface area (Å²) < 4.78 is 0.729. The summed E-state index contributed by atoms with van der Waals surface area (Å²) in [5.74, 6) is -0.362. The van der Waals surface area contributed by atoms with Gasteiger partial charge in [0.25, 0.3) is 5.91 Å². The van der Waals surface area contributed by atoms with Crippen LogP contribution in [0.4, 0.5) is 0 Å². The molecular weight excluding hydrogens is 358 g/mol. The predicted molar refractivity (Wildman–Crippen MR) is 95.5 cm³/mol. The van der Waals surface area contributed by atoms with Gasteiger partial charge in [-0.15, -0.1) is 0 Å². The number of hydrogen-bond donors (Lipinski definition) is 2. The van der Waals surface area contributed by atoms with E-state index in [1.807, 2.05) is 52.0 Å². The molecule has 0 atom stereocenters. The minimum atomic E-state index is -0.318. The van der Waals surface area contributed by atoms with Gasteiger partial charge < -0.3 is 15.2 Å². The molecule has 6 heteroatoms. The first-order valence-corrected chi connectivity index (χ1v) is 8.38. The maximum Gasteiger partial charge on any atom is 0.271 e. The van der Waals surface area contributed by atoms with E-state index >= 15 is 0 Å². The zero-order valence-electron chi connectivity index (χ0n) is 13.9. The second-order valence-electron chi connectivity index (χ2n) is 6.48. The Labute approximate surface area is 144 Å². The summed E-state index contributed by atoms with van der Waals surface area (Å²) in [5, 5.41) is 3.83. The Morgan fingerprint density at radius 3 is 2.48 bits per heavy atom. The van der Waals surface area contributed by atoms with Gasteiger partial charge in [-0.1, -0.05) is 18.2 Å². The van der Waals surface area contributed by atoms with Crippen molar-refractivity contribution in [1.82, 2.24) is 15.2 Å². The van der Waals surface area contributed by atoms with Crippen molar-refractivity contribution in [3.8, 4) is 0 Å². The number of hydrogen-bond acceptors (Lipinski definition) is 2. The summed E-state index contributed by atoms with van der Waals surface area (Å²) in [6.45, 7) is 8.09. The highest BCUT2D eigenvalue weighted by Gasteiger charge is 2.24. The number of amides is 2. The number of carbonyl (C=O) groups is 2. The first-order valence-electron chi connectivity index (χ1n) is 7.59. The van der Waals surface area contributed by atoms with E-state index < -0.39 is 0 Å². The zero-order valence-corrected chi connectivity index (χ0v) is 15.5. The molecular formula is C17H22BrN3O2. The summed E-state index contributed by atoms with van der Waals surface area (Å²) in [4.78, 5) is 29.5. The van der Waals surface area contributed by atoms with Crippen LogP contribution in [0.25, 0.3) is 10.9 Å². The number of nitrogens with zero attached hydrogens (tertiary/aromatic N) is 1. The van der Waals surface area contributed by atoms with Crippen molar-refractivity contribution in [3.05, 3.63) is 34.4 Å². The molecule has 0 unspecified atom stereocenters. The lowest BCUT2D eigenvalue weighted by molar-refractivity contribution is -0.123. The van der Waals surface area contributed by atoms with Crippen molar-refractivity contribution in [3.63, 3.8) is 0 Å². The number of H-pyrrole nitrogens is 1. The molecule has 2 N–H and O–H groups in total. The summed E-state index contributed by atoms with van der Waals surface area (Å²) in [5.41, 5.74) is 1.04. The highest BCUT2D eigenvalue weighted by atomic mass is 79.9. The van der Waals surface area contributed by atoms with E-state index in [4.69, 9.17) is 0 Å². The highest BCUT2D eigenvalue weighted by molar-refractivity contribution is 9.10. The lowest BCUT2D eigenvalue weighted by Gasteiger charge is -2.24. The first kappa shape index (κ1) is 17.5. The number of likely N-dealkylation sites (N-methyl/N-ethyl adjacent to an activating group) is 1. The van der Waals surface area contributed by atoms with Gasteiger partial charge in [-0.05, 0) is 49.7 Å². The topological polar surface area (TPSA) is 65.2 Å². The number of nitrogens with one attached hydrogen (secondary N) is 2. The molecule has 0 aliphatic carbocycles. The molecule has 0 fully saturated rings. The Kier molecular flexibility index (Phi) is 5.14. The molecule has 2 amide bonds. The second kappa shape index (κ2) is 6.74. The van der Waals surface area contributed by atoms with Gasteiger partial charge in [0.05, 0.1) is 11.0 Å². The molecule has 2 aromatic rings. The third-order valence-corrected chi connectivity index (χ3v) is 4.20. The van der Waals surface area contributed by atoms with Crippen LogP contribution in [0.3, 0.4) is 0 Å². The lowest BCUT2D eigenvalue weighted by atomic mass is 10.1. The summed E-state index contributed by atoms with van der Waals surface area (Å²) in [6.07, 6.45) is 0. The molecule has 0 saturated carbocycles. The fourth-order valence-electron chi connectivity index (χ4n) is 2.37. The number of fused-ring (bicyclic) bond motifs is 1. The molecule has 0 aliphatic heterocycles. The van der Waals surface area contributed by atoms with Crippen molar-refractivity contribution in [2.75, 3.05) is 13.1 Å². The quantitative estimate of drug-likeness (QED) is 0.855. The van der Waals surface area contributed by atoms with E-state index in [1.54, 1.807) is 0 Å². The number of benzene rings is 1. The second-order valence-corrected chi connectivity index (χ2v) is 7.27. The Balaban J connectivity index is 2.22. The number of para-hydroxylation sites is 1. The predicted octanol–water partition coefficient (Wildman–Crippen LogP) is 3.31. The molecule has 0 bridgehead atoms. The maximum absolute atomic E-state index is 12.8. The molecule has 1 aromatic heterocycles. The van der Waals surface area contributed by atoms with Gasteiger partial charge in [0.15, 0.2) is 0 Å². The number of aromatic amines is 1. The van der Waals surface area contributed by atoms with E-state index in [0.717, 1.165) is 15.4 Å². The molecule has 1 aromatic carbocycles. The number of aromatic nitrogens is 1. The Hall–Kier alpha value is -1.82. The van der Waals surface area contributed by atoms with Crippen LogP contribution in [0.2, 0.25) is 0 Å². The largest absolute Gasteiger partial charge is 0.350 e. The highest BCUT2D eigenvalue weighted by Crippen LogP contribution is 2.28. The number of carbonyl (C=O) groups excluding carboxylic acids is 2. The average Bonchev–Trinajstić information content (AvgIpc) is 2.80. The minimum absolute atomic E-state index is 0.0361. The van der Waals surface area contributed by atoms with Crippen LogP contribution >= 0.6 is 15.9 Å². The maximum atomic E-state index is 12.8. The standard InChI is InChI=1S/C17H22BrN3O2/c1-5-21(10-13(22)20-17(2,3)4)16(23)15-14(18)11-8-6-7-9-12(11)19-15/h6-9,19H,5,10H2,1-4H3,(H,20,22). The van der Waals surface area contributed by atoms with Gasteiger partial charge in [0, 0.05) is 23.0 Å². The molecule has 23 heavy (non-hydrogen) atoms. The van der Waals surface area contributed by atoms with E-state index in [-0.39, 0.29) is 23.9 Å². The molecule has 2 rings (SSSR count). The van der Waals surface area contributed by atoms with Gasteiger partial charge in [-0.25, -0.2) is 0 Å². The third-order valence-electron chi connectivity index (χ3n) is 3.37. The van der Waals surface area contributed by atoms with Crippen molar-refractivity contribution < 1.29 is 9.59 Å². The fourth-order valence-corrected chi connectivity index (χ4v) is 2.99. The Bertz CT molecular complexity index is 731. The van der Waals surface area contributed by atoms with Crippen LogP contribution in [-0.4, -0.2) is 40.3 Å². The zero-order chi connectivity index (χ0) is 17.2. The minimum Gasteiger partial charge on any atom is -0.350 e. The molecule has 0 aliphatic rings. The van der Waals surface area contributed by atoms with Crippen molar-refractivity contribution in [2.45, 2.75) is 33.2 Å². The van der Waals surface area contributed by atoms with Gasteiger partial charge in [0.1, 0.15) is 5.69 Å². The fraction of sp³-hybridized carbons (Fsp3) is 0.412. The number of rotatable bonds is 4. The van der Waals surface area contributed by atoms with Gasteiger partial charge in [-0.2, -0.15) is 0 Å². The molecule has 0 saturated heterocycles. The smallest absolute Gasteiger partial charge is 0.271 e. The van der Waals surface area contributed by atoms with Crippen molar-refractivity contribution in [1.29, 1.82) is 0 Å². The molecule has 124 valence electrons. The van der Waals surface area contributed by atoms with E-state index in [0.29, 0.717) is 12.2 Å². The summed E-state index contributed by atoms with van der Waals surface area (Å²) >= 11 is 3.49. The Morgan fingerprint density at radius 2 is 1.91 bits per heavy atom. The average molecular weight is 380 g/mol. The van der Waals surface area contributed by atoms with E-state index in [2.05, 4.69) is 26.2 Å². The number of halogens is 1. The normalized spacial score (nSPS) is 11.5. The summed E-state index contributed by atoms with van der Waals surface area (Å²) in [6, 6.07) is 7.69. The monoisotopic (exact) mass is 379 g/mol. The van der Waals surface area contributed by atoms with Gasteiger partial charge >= 0.3 is 0 Å². The molecule has 0 spiro atoms. The van der Waals surface area contributed by atoms with Gasteiger partial charge in [0.2, 0.25) is 5.91 Å². The Morgan fingerprint density at radius 1 is 1.26 bits per heavy atom. The van der Waals surface area contributed by atoms with Crippen molar-refractivity contribution >= 4 is 38.6 Å². The van der Waals surface area contributed by atoms with Crippen LogP contribution < -0.4 is 5.32 Å². The summed E-state index contributed by atoms with van der Waals surface area (Å²) in [7, 11) is 0. The molecule has 0 radical (unpaired) electrons. The first-order chi connectivity index (χ1) is 10.7. The van der Waals surface area contributed by atoms with E-state index in [9.17, 15) is 9.59 Å². The molecule has 5 nitrogen and oxygen atoms in total. The third kappa shape index (κ3) is 4.13. The van der Waals surface area contributed by atoms with Crippen molar-refractivity contribution in [2.24, 2.45) is 0 Å². The molecule has 1 heterocycles. The van der Waals surface area contributed by atoms with Crippen LogP contribution in [-0.2, 0) is 4.79 Å². The van der Waals surface area contributed by atoms with Crippen LogP contribution in [0.15, 0.2) is 28.7 Å². The van der Waals surface area contributed by atoms with Crippen LogP contribution in [0.1, 0.15) is 38.2 Å². The lowest BCUT2D eigenvalue weighted by Crippen LogP contribution is -2.47. The SMILES string of the molecule is CCN(CC(=O)NC(C)(C)C)C(=O)c1[nH]c2ccccc2c1Br. The van der Waals surface area contributed by atoms with Crippen LogP contribution in [0.5, 0.6) is 0 Å². The van der Waals surface area contributed by atoms with Gasteiger partial charge in [-0.3, -0.25) is 9.59 Å². The van der Waals surface area contributed by atoms with Crippen LogP contribution in [0, 0.1) is 0 Å². The van der Waals surface area contributed by atoms with E-state index in [1.165, 1.54) is 4.90 Å².